The molecule has 0 unspecified atom stereocenters. The summed E-state index contributed by atoms with van der Waals surface area (Å²) in [5, 5.41) is 2.09. The lowest BCUT2D eigenvalue weighted by atomic mass is 10.2. The van der Waals surface area contributed by atoms with Gasteiger partial charge in [-0.25, -0.2) is 8.78 Å². The molecule has 1 N–H and O–H groups in total. The summed E-state index contributed by atoms with van der Waals surface area (Å²) in [6.07, 6.45) is -0.489. The van der Waals surface area contributed by atoms with Crippen LogP contribution in [-0.2, 0) is 16.1 Å². The molecular formula is C17H16F2N2O2. The predicted octanol–water partition coefficient (Wildman–Crippen LogP) is 2.95. The highest BCUT2D eigenvalue weighted by molar-refractivity contribution is 6.03. The Labute approximate surface area is 132 Å². The quantitative estimate of drug-likeness (QED) is 0.862. The highest BCUT2D eigenvalue weighted by atomic mass is 19.1. The summed E-state index contributed by atoms with van der Waals surface area (Å²) in [5.74, 6) is -2.98. The van der Waals surface area contributed by atoms with Gasteiger partial charge in [-0.1, -0.05) is 36.4 Å². The van der Waals surface area contributed by atoms with Crippen LogP contribution in [0.4, 0.5) is 14.5 Å². The molecule has 0 heterocycles. The van der Waals surface area contributed by atoms with Gasteiger partial charge in [-0.15, -0.1) is 0 Å². The van der Waals surface area contributed by atoms with E-state index in [1.165, 1.54) is 11.0 Å². The fourth-order valence-electron chi connectivity index (χ4n) is 2.02. The van der Waals surface area contributed by atoms with Crippen LogP contribution >= 0.6 is 0 Å². The van der Waals surface area contributed by atoms with Gasteiger partial charge in [0.25, 0.3) is 0 Å². The molecule has 0 aliphatic heterocycles. The summed E-state index contributed by atoms with van der Waals surface area (Å²) in [4.78, 5) is 25.2. The number of halogens is 2. The van der Waals surface area contributed by atoms with Crippen LogP contribution in [0, 0.1) is 11.6 Å². The lowest BCUT2D eigenvalue weighted by Gasteiger charge is -2.17. The van der Waals surface area contributed by atoms with E-state index in [2.05, 4.69) is 5.32 Å². The third-order valence-electron chi connectivity index (χ3n) is 3.23. The van der Waals surface area contributed by atoms with Gasteiger partial charge >= 0.3 is 0 Å². The third kappa shape index (κ3) is 4.60. The second-order valence-electron chi connectivity index (χ2n) is 5.06. The van der Waals surface area contributed by atoms with Gasteiger partial charge in [-0.05, 0) is 17.7 Å². The number of carbonyl (C=O) groups excluding carboxylic acids is 2. The lowest BCUT2D eigenvalue weighted by Crippen LogP contribution is -2.30. The first kappa shape index (κ1) is 16.6. The van der Waals surface area contributed by atoms with Crippen LogP contribution in [0.25, 0.3) is 0 Å². The minimum Gasteiger partial charge on any atom is -0.341 e. The molecule has 120 valence electrons. The van der Waals surface area contributed by atoms with Crippen molar-refractivity contribution in [3.8, 4) is 0 Å². The van der Waals surface area contributed by atoms with Crippen molar-refractivity contribution >= 4 is 17.5 Å². The lowest BCUT2D eigenvalue weighted by molar-refractivity contribution is -0.134. The molecule has 2 rings (SSSR count). The van der Waals surface area contributed by atoms with E-state index < -0.39 is 35.6 Å². The Morgan fingerprint density at radius 2 is 1.61 bits per heavy atom. The number of rotatable bonds is 5. The maximum absolute atomic E-state index is 13.4. The molecule has 0 atom stereocenters. The average molecular weight is 318 g/mol. The molecule has 23 heavy (non-hydrogen) atoms. The number of amides is 2. The Morgan fingerprint density at radius 1 is 1.00 bits per heavy atom. The van der Waals surface area contributed by atoms with Crippen LogP contribution in [0.3, 0.4) is 0 Å². The van der Waals surface area contributed by atoms with Crippen molar-refractivity contribution in [1.29, 1.82) is 0 Å². The van der Waals surface area contributed by atoms with Gasteiger partial charge in [0.05, 0.1) is 0 Å². The van der Waals surface area contributed by atoms with E-state index >= 15 is 0 Å². The number of nitrogens with zero attached hydrogens (tertiary/aromatic N) is 1. The number of carbonyl (C=O) groups is 2. The molecule has 2 aromatic carbocycles. The van der Waals surface area contributed by atoms with Crippen LogP contribution in [-0.4, -0.2) is 23.8 Å². The van der Waals surface area contributed by atoms with Crippen molar-refractivity contribution in [2.24, 2.45) is 0 Å². The fourth-order valence-corrected chi connectivity index (χ4v) is 2.02. The minimum absolute atomic E-state index is 0.348. The molecule has 2 amide bonds. The first-order valence-corrected chi connectivity index (χ1v) is 6.99. The molecule has 0 bridgehead atoms. The standard InChI is InChI=1S/C17H16F2N2O2/c1-21(11-12-6-3-2-4-7-12)16(23)10-15(22)20-17-13(18)8-5-9-14(17)19/h2-9H,10-11H2,1H3,(H,20,22). The monoisotopic (exact) mass is 318 g/mol. The third-order valence-corrected chi connectivity index (χ3v) is 3.23. The zero-order valence-corrected chi connectivity index (χ0v) is 12.6. The molecular weight excluding hydrogens is 302 g/mol. The number of anilines is 1. The minimum atomic E-state index is -0.886. The van der Waals surface area contributed by atoms with E-state index in [-0.39, 0.29) is 0 Å². The summed E-state index contributed by atoms with van der Waals surface area (Å²) in [6.45, 7) is 0.348. The molecule has 6 heteroatoms. The van der Waals surface area contributed by atoms with Gasteiger partial charge in [0.15, 0.2) is 0 Å². The number of benzene rings is 2. The highest BCUT2D eigenvalue weighted by Gasteiger charge is 2.17. The smallest absolute Gasteiger partial charge is 0.233 e. The van der Waals surface area contributed by atoms with Gasteiger partial charge in [0, 0.05) is 13.6 Å². The van der Waals surface area contributed by atoms with E-state index in [1.807, 2.05) is 30.3 Å². The molecule has 4 nitrogen and oxygen atoms in total. The van der Waals surface area contributed by atoms with Crippen molar-refractivity contribution in [2.45, 2.75) is 13.0 Å². The summed E-state index contributed by atoms with van der Waals surface area (Å²) >= 11 is 0. The first-order chi connectivity index (χ1) is 11.0. The normalized spacial score (nSPS) is 10.2. The summed E-state index contributed by atoms with van der Waals surface area (Å²) in [5.41, 5.74) is 0.375. The number of para-hydroxylation sites is 1. The van der Waals surface area contributed by atoms with E-state index in [9.17, 15) is 18.4 Å². The molecule has 0 aliphatic rings. The molecule has 0 spiro atoms. The van der Waals surface area contributed by atoms with Crippen LogP contribution in [0.1, 0.15) is 12.0 Å². The molecule has 0 fully saturated rings. The topological polar surface area (TPSA) is 49.4 Å². The zero-order chi connectivity index (χ0) is 16.8. The van der Waals surface area contributed by atoms with Crippen molar-refractivity contribution in [3.63, 3.8) is 0 Å². The average Bonchev–Trinajstić information content (AvgIpc) is 2.52. The Balaban J connectivity index is 1.93. The highest BCUT2D eigenvalue weighted by Crippen LogP contribution is 2.18. The molecule has 0 aliphatic carbocycles. The summed E-state index contributed by atoms with van der Waals surface area (Å²) in [7, 11) is 1.56. The SMILES string of the molecule is CN(Cc1ccccc1)C(=O)CC(=O)Nc1c(F)cccc1F. The van der Waals surface area contributed by atoms with Gasteiger partial charge in [0.1, 0.15) is 23.7 Å². The second-order valence-corrected chi connectivity index (χ2v) is 5.06. The van der Waals surface area contributed by atoms with Crippen molar-refractivity contribution in [1.82, 2.24) is 4.90 Å². The maximum Gasteiger partial charge on any atom is 0.233 e. The Morgan fingerprint density at radius 3 is 2.22 bits per heavy atom. The molecule has 2 aromatic rings. The van der Waals surface area contributed by atoms with Gasteiger partial charge < -0.3 is 10.2 Å². The Kier molecular flexibility index (Phi) is 5.41. The van der Waals surface area contributed by atoms with Gasteiger partial charge in [-0.2, -0.15) is 0 Å². The predicted molar refractivity (Wildman–Crippen MR) is 82.5 cm³/mol. The summed E-state index contributed by atoms with van der Waals surface area (Å²) in [6, 6.07) is 12.5. The van der Waals surface area contributed by atoms with E-state index in [0.29, 0.717) is 6.54 Å². The Bertz CT molecular complexity index is 685. The van der Waals surface area contributed by atoms with Crippen molar-refractivity contribution in [2.75, 3.05) is 12.4 Å². The molecule has 0 saturated heterocycles. The molecule has 0 radical (unpaired) electrons. The van der Waals surface area contributed by atoms with Crippen LogP contribution in [0.15, 0.2) is 48.5 Å². The van der Waals surface area contributed by atoms with E-state index in [1.54, 1.807) is 7.05 Å². The molecule has 0 aromatic heterocycles. The maximum atomic E-state index is 13.4. The number of hydrogen-bond donors (Lipinski definition) is 1. The van der Waals surface area contributed by atoms with Crippen molar-refractivity contribution < 1.29 is 18.4 Å². The van der Waals surface area contributed by atoms with E-state index in [4.69, 9.17) is 0 Å². The summed E-state index contributed by atoms with van der Waals surface area (Å²) < 4.78 is 26.9. The van der Waals surface area contributed by atoms with E-state index in [0.717, 1.165) is 17.7 Å². The van der Waals surface area contributed by atoms with Crippen molar-refractivity contribution in [3.05, 3.63) is 65.7 Å². The Hall–Kier alpha value is -2.76. The largest absolute Gasteiger partial charge is 0.341 e. The van der Waals surface area contributed by atoms with Crippen LogP contribution in [0.5, 0.6) is 0 Å². The van der Waals surface area contributed by atoms with Crippen LogP contribution < -0.4 is 5.32 Å². The first-order valence-electron chi connectivity index (χ1n) is 6.99. The number of nitrogens with one attached hydrogen (secondary N) is 1. The van der Waals surface area contributed by atoms with Gasteiger partial charge in [0.2, 0.25) is 11.8 Å². The fraction of sp³-hybridized carbons (Fsp3) is 0.176. The second kappa shape index (κ2) is 7.49. The zero-order valence-electron chi connectivity index (χ0n) is 12.6. The molecule has 0 saturated carbocycles. The van der Waals surface area contributed by atoms with Gasteiger partial charge in [-0.3, -0.25) is 9.59 Å². The number of hydrogen-bond acceptors (Lipinski definition) is 2. The van der Waals surface area contributed by atoms with Crippen LogP contribution in [0.2, 0.25) is 0 Å².